The number of fused-ring (bicyclic) bond motifs is 3. The Morgan fingerprint density at radius 3 is 2.48 bits per heavy atom. The van der Waals surface area contributed by atoms with Crippen molar-refractivity contribution in [3.63, 3.8) is 0 Å². The van der Waals surface area contributed by atoms with Crippen LogP contribution in [0.1, 0.15) is 29.5 Å². The molecule has 1 saturated carbocycles. The minimum Gasteiger partial charge on any atom is -0.508 e. The molecule has 0 aromatic heterocycles. The number of ether oxygens (including phenoxy) is 1. The Balaban J connectivity index is 1.96. The zero-order valence-electron chi connectivity index (χ0n) is 18.5. The lowest BCUT2D eigenvalue weighted by Gasteiger charge is -2.46. The zero-order valence-corrected chi connectivity index (χ0v) is 18.5. The lowest BCUT2D eigenvalue weighted by molar-refractivity contribution is -0.147. The number of aliphatic hydroxyl groups excluding tert-OH is 2. The normalized spacial score (nSPS) is 26.7. The number of primary amides is 1. The molecule has 0 bridgehead atoms. The zero-order chi connectivity index (χ0) is 24.4. The summed E-state index contributed by atoms with van der Waals surface area (Å²) in [7, 11) is 5.06. The summed E-state index contributed by atoms with van der Waals surface area (Å²) in [5.41, 5.74) is 3.43. The Bertz CT molecular complexity index is 1170. The number of phenolic OH excluding ortho intramolecular Hbond substituents is 1. The fourth-order valence-electron chi connectivity index (χ4n) is 5.39. The van der Waals surface area contributed by atoms with Gasteiger partial charge in [-0.1, -0.05) is 0 Å². The molecular weight excluding hydrogens is 432 g/mol. The van der Waals surface area contributed by atoms with E-state index >= 15 is 0 Å². The number of carbonyl (C=O) groups excluding carboxylic acids is 3. The summed E-state index contributed by atoms with van der Waals surface area (Å²) in [6.45, 7) is 0.0551. The summed E-state index contributed by atoms with van der Waals surface area (Å²) in [6, 6.07) is 1.74. The maximum absolute atomic E-state index is 13.5. The van der Waals surface area contributed by atoms with Gasteiger partial charge in [-0.05, 0) is 30.4 Å². The Labute approximate surface area is 189 Å². The number of anilines is 1. The van der Waals surface area contributed by atoms with Crippen LogP contribution in [0, 0.1) is 11.8 Å². The average molecular weight is 458 g/mol. The third-order valence-electron chi connectivity index (χ3n) is 6.90. The monoisotopic (exact) mass is 458 g/mol. The Morgan fingerprint density at radius 2 is 1.91 bits per heavy atom. The Hall–Kier alpha value is -3.37. The third-order valence-corrected chi connectivity index (χ3v) is 6.90. The number of nitrogens with two attached hydrogens (primary N) is 1. The van der Waals surface area contributed by atoms with E-state index in [1.165, 1.54) is 7.11 Å². The number of ketones is 2. The number of phenols is 1. The maximum atomic E-state index is 13.5. The third kappa shape index (κ3) is 3.05. The van der Waals surface area contributed by atoms with Crippen molar-refractivity contribution in [1.29, 1.82) is 0 Å². The minimum atomic E-state index is -2.57. The number of amides is 1. The van der Waals surface area contributed by atoms with Gasteiger partial charge in [0.15, 0.2) is 11.4 Å². The van der Waals surface area contributed by atoms with Crippen molar-refractivity contribution in [3.05, 3.63) is 39.7 Å². The van der Waals surface area contributed by atoms with Gasteiger partial charge >= 0.3 is 0 Å². The number of methoxy groups -OCH3 is 1. The first-order valence-corrected chi connectivity index (χ1v) is 10.5. The van der Waals surface area contributed by atoms with Gasteiger partial charge in [-0.2, -0.15) is 0 Å². The van der Waals surface area contributed by atoms with E-state index < -0.39 is 52.0 Å². The van der Waals surface area contributed by atoms with E-state index in [1.807, 2.05) is 4.90 Å². The first kappa shape index (κ1) is 22.8. The molecule has 10 heteroatoms. The second kappa shape index (κ2) is 7.60. The molecule has 1 aromatic rings. The fraction of sp³-hybridized carbons (Fsp3) is 0.435. The summed E-state index contributed by atoms with van der Waals surface area (Å²) in [6.07, 6.45) is -0.000367. The predicted octanol–water partition coefficient (Wildman–Crippen LogP) is 0.636. The van der Waals surface area contributed by atoms with Gasteiger partial charge in [0.05, 0.1) is 12.2 Å². The van der Waals surface area contributed by atoms with E-state index in [0.717, 1.165) is 0 Å². The van der Waals surface area contributed by atoms with E-state index in [1.54, 1.807) is 20.2 Å². The molecule has 3 aliphatic rings. The van der Waals surface area contributed by atoms with Crippen LogP contribution in [0.25, 0.3) is 5.76 Å². The molecule has 10 nitrogen and oxygen atoms in total. The van der Waals surface area contributed by atoms with Gasteiger partial charge in [0.25, 0.3) is 5.91 Å². The molecule has 4 rings (SSSR count). The van der Waals surface area contributed by atoms with E-state index in [9.17, 15) is 34.8 Å². The molecule has 1 amide bonds. The highest BCUT2D eigenvalue weighted by Gasteiger charge is 2.60. The van der Waals surface area contributed by atoms with Crippen molar-refractivity contribution >= 4 is 28.9 Å². The smallest absolute Gasteiger partial charge is 0.255 e. The summed E-state index contributed by atoms with van der Waals surface area (Å²) in [5.74, 6) is -6.42. The van der Waals surface area contributed by atoms with Crippen LogP contribution in [-0.2, 0) is 32.1 Å². The molecule has 176 valence electrons. The van der Waals surface area contributed by atoms with Crippen LogP contribution in [0.5, 0.6) is 5.75 Å². The summed E-state index contributed by atoms with van der Waals surface area (Å²) < 4.78 is 5.14. The van der Waals surface area contributed by atoms with Crippen LogP contribution in [0.2, 0.25) is 0 Å². The average Bonchev–Trinajstić information content (AvgIpc) is 2.72. The molecule has 3 aliphatic carbocycles. The molecule has 0 heterocycles. The van der Waals surface area contributed by atoms with Crippen LogP contribution < -0.4 is 10.6 Å². The number of hydrogen-bond donors (Lipinski definition) is 5. The van der Waals surface area contributed by atoms with Gasteiger partial charge in [-0.15, -0.1) is 0 Å². The van der Waals surface area contributed by atoms with Gasteiger partial charge in [0, 0.05) is 50.4 Å². The van der Waals surface area contributed by atoms with Gasteiger partial charge in [0.2, 0.25) is 5.78 Å². The SMILES string of the molecule is COCc1cc(N(C)C)c2c(c1O)C(O)=C1C(=O)C3(O)C(O)=C(C(N)=O)C(=O)CC3CC1C2. The molecule has 6 N–H and O–H groups in total. The standard InChI is InChI=1S/C23H26N2O8/c1-25(2)13-6-10(8-33-3)18(27)16-12(13)5-9-4-11-7-14(26)17(22(24)31)21(30)23(11,32)20(29)15(9)19(16)28/h6,9,11,27-28,30,32H,4-5,7-8H2,1-3H3,(H2,24,31). The number of aromatic hydroxyl groups is 1. The van der Waals surface area contributed by atoms with Crippen molar-refractivity contribution in [1.82, 2.24) is 0 Å². The lowest BCUT2D eigenvalue weighted by atomic mass is 9.59. The molecule has 33 heavy (non-hydrogen) atoms. The Kier molecular flexibility index (Phi) is 5.25. The topological polar surface area (TPSA) is 171 Å². The van der Waals surface area contributed by atoms with E-state index in [-0.39, 0.29) is 42.8 Å². The second-order valence-electron chi connectivity index (χ2n) is 8.99. The summed E-state index contributed by atoms with van der Waals surface area (Å²) in [5, 5.41) is 44.0. The number of hydrogen-bond acceptors (Lipinski definition) is 9. The van der Waals surface area contributed by atoms with Crippen molar-refractivity contribution in [2.45, 2.75) is 31.5 Å². The van der Waals surface area contributed by atoms with Crippen molar-refractivity contribution in [2.75, 3.05) is 26.1 Å². The molecule has 0 spiro atoms. The first-order valence-electron chi connectivity index (χ1n) is 10.5. The van der Waals surface area contributed by atoms with E-state index in [4.69, 9.17) is 10.5 Å². The molecule has 1 aromatic carbocycles. The van der Waals surface area contributed by atoms with Crippen LogP contribution in [-0.4, -0.2) is 64.7 Å². The van der Waals surface area contributed by atoms with E-state index in [0.29, 0.717) is 16.8 Å². The van der Waals surface area contributed by atoms with Crippen LogP contribution in [0.3, 0.4) is 0 Å². The van der Waals surface area contributed by atoms with Crippen molar-refractivity contribution in [3.8, 4) is 5.75 Å². The van der Waals surface area contributed by atoms with Gasteiger partial charge < -0.3 is 35.8 Å². The summed E-state index contributed by atoms with van der Waals surface area (Å²) in [4.78, 5) is 39.4. The molecular formula is C23H26N2O8. The maximum Gasteiger partial charge on any atom is 0.255 e. The molecule has 3 atom stereocenters. The van der Waals surface area contributed by atoms with Gasteiger partial charge in [-0.25, -0.2) is 0 Å². The highest BCUT2D eigenvalue weighted by molar-refractivity contribution is 6.22. The lowest BCUT2D eigenvalue weighted by Crippen LogP contribution is -2.58. The number of Topliss-reactive ketones (excluding diaryl/α,β-unsaturated/α-hetero) is 2. The van der Waals surface area contributed by atoms with Crippen molar-refractivity contribution in [2.24, 2.45) is 17.6 Å². The number of aliphatic hydroxyl groups is 3. The Morgan fingerprint density at radius 1 is 1.24 bits per heavy atom. The molecule has 0 aliphatic heterocycles. The number of rotatable bonds is 4. The van der Waals surface area contributed by atoms with Crippen molar-refractivity contribution < 1.29 is 39.5 Å². The highest BCUT2D eigenvalue weighted by atomic mass is 16.5. The van der Waals surface area contributed by atoms with Gasteiger partial charge in [0.1, 0.15) is 22.8 Å². The van der Waals surface area contributed by atoms with Crippen LogP contribution in [0.15, 0.2) is 23.0 Å². The highest BCUT2D eigenvalue weighted by Crippen LogP contribution is 2.53. The van der Waals surface area contributed by atoms with Crippen LogP contribution in [0.4, 0.5) is 5.69 Å². The summed E-state index contributed by atoms with van der Waals surface area (Å²) >= 11 is 0. The van der Waals surface area contributed by atoms with Crippen LogP contribution >= 0.6 is 0 Å². The van der Waals surface area contributed by atoms with E-state index in [2.05, 4.69) is 0 Å². The number of carbonyl (C=O) groups is 3. The predicted molar refractivity (Wildman–Crippen MR) is 116 cm³/mol. The molecule has 1 fully saturated rings. The molecule has 0 radical (unpaired) electrons. The van der Waals surface area contributed by atoms with Gasteiger partial charge in [-0.3, -0.25) is 14.4 Å². The fourth-order valence-corrected chi connectivity index (χ4v) is 5.39. The number of benzene rings is 1. The largest absolute Gasteiger partial charge is 0.508 e. The number of nitrogens with zero attached hydrogens (tertiary/aromatic N) is 1. The quantitative estimate of drug-likeness (QED) is 0.406. The minimum absolute atomic E-state index is 0.0551. The second-order valence-corrected chi connectivity index (χ2v) is 8.99. The molecule has 0 saturated heterocycles. The molecule has 3 unspecified atom stereocenters. The first-order chi connectivity index (χ1) is 15.4.